The fourth-order valence-electron chi connectivity index (χ4n) is 2.29. The molecule has 2 aromatic rings. The minimum absolute atomic E-state index is 0.0175. The van der Waals surface area contributed by atoms with Crippen molar-refractivity contribution in [3.63, 3.8) is 0 Å². The first-order valence-corrected chi connectivity index (χ1v) is 7.09. The smallest absolute Gasteiger partial charge is 0.110 e. The lowest BCUT2D eigenvalue weighted by atomic mass is 10.0. The van der Waals surface area contributed by atoms with E-state index in [1.54, 1.807) is 0 Å². The van der Waals surface area contributed by atoms with Gasteiger partial charge in [0.25, 0.3) is 0 Å². The van der Waals surface area contributed by atoms with Gasteiger partial charge in [0.05, 0.1) is 0 Å². The van der Waals surface area contributed by atoms with Gasteiger partial charge in [-0.25, -0.2) is 4.98 Å². The molecule has 102 valence electrons. The second kappa shape index (κ2) is 6.53. The molecule has 0 aliphatic heterocycles. The van der Waals surface area contributed by atoms with Gasteiger partial charge in [0.2, 0.25) is 0 Å². The molecular formula is C16H23N3. The molecule has 0 spiro atoms. The van der Waals surface area contributed by atoms with Crippen molar-refractivity contribution in [3.05, 3.63) is 53.6 Å². The third kappa shape index (κ3) is 3.44. The maximum atomic E-state index is 6.29. The van der Waals surface area contributed by atoms with E-state index in [0.717, 1.165) is 31.6 Å². The number of nitrogens with zero attached hydrogens (tertiary/aromatic N) is 2. The van der Waals surface area contributed by atoms with Gasteiger partial charge in [0.1, 0.15) is 5.82 Å². The zero-order valence-electron chi connectivity index (χ0n) is 11.8. The second-order valence-electron chi connectivity index (χ2n) is 4.94. The molecule has 1 heterocycles. The zero-order chi connectivity index (χ0) is 13.7. The highest BCUT2D eigenvalue weighted by molar-refractivity contribution is 5.25. The van der Waals surface area contributed by atoms with Crippen LogP contribution in [0.3, 0.4) is 0 Å². The van der Waals surface area contributed by atoms with Crippen molar-refractivity contribution in [3.8, 4) is 0 Å². The third-order valence-electron chi connectivity index (χ3n) is 3.48. The minimum Gasteiger partial charge on any atom is -0.335 e. The minimum atomic E-state index is 0.0175. The van der Waals surface area contributed by atoms with E-state index in [9.17, 15) is 0 Å². The molecule has 0 bridgehead atoms. The van der Waals surface area contributed by atoms with Gasteiger partial charge in [0, 0.05) is 31.4 Å². The zero-order valence-corrected chi connectivity index (χ0v) is 11.8. The van der Waals surface area contributed by atoms with E-state index < -0.39 is 0 Å². The summed E-state index contributed by atoms with van der Waals surface area (Å²) in [5.74, 6) is 1.08. The average molecular weight is 257 g/mol. The summed E-state index contributed by atoms with van der Waals surface area (Å²) in [6, 6.07) is 8.61. The molecule has 0 saturated heterocycles. The molecule has 0 aliphatic carbocycles. The fraction of sp³-hybridized carbons (Fsp3) is 0.438. The highest BCUT2D eigenvalue weighted by Crippen LogP contribution is 2.16. The Morgan fingerprint density at radius 3 is 2.58 bits per heavy atom. The molecule has 19 heavy (non-hydrogen) atoms. The maximum absolute atomic E-state index is 6.29. The maximum Gasteiger partial charge on any atom is 0.110 e. The number of rotatable bonds is 6. The van der Waals surface area contributed by atoms with E-state index in [1.807, 2.05) is 12.4 Å². The van der Waals surface area contributed by atoms with Crippen LogP contribution in [0.2, 0.25) is 0 Å². The quantitative estimate of drug-likeness (QED) is 0.864. The van der Waals surface area contributed by atoms with Crippen LogP contribution < -0.4 is 5.73 Å². The van der Waals surface area contributed by atoms with Crippen molar-refractivity contribution < 1.29 is 0 Å². The van der Waals surface area contributed by atoms with Gasteiger partial charge in [-0.2, -0.15) is 0 Å². The summed E-state index contributed by atoms with van der Waals surface area (Å²) in [5, 5.41) is 0. The van der Waals surface area contributed by atoms with Gasteiger partial charge in [-0.3, -0.25) is 0 Å². The topological polar surface area (TPSA) is 43.8 Å². The van der Waals surface area contributed by atoms with Crippen LogP contribution in [0.15, 0.2) is 36.7 Å². The molecule has 1 aromatic carbocycles. The summed E-state index contributed by atoms with van der Waals surface area (Å²) < 4.78 is 2.19. The van der Waals surface area contributed by atoms with Gasteiger partial charge in [-0.15, -0.1) is 0 Å². The van der Waals surface area contributed by atoms with Crippen molar-refractivity contribution in [1.82, 2.24) is 9.55 Å². The van der Waals surface area contributed by atoms with Gasteiger partial charge in [0.15, 0.2) is 0 Å². The molecule has 1 atom stereocenters. The molecule has 3 nitrogen and oxygen atoms in total. The van der Waals surface area contributed by atoms with Crippen LogP contribution in [0.4, 0.5) is 0 Å². The first-order valence-electron chi connectivity index (χ1n) is 7.09. The van der Waals surface area contributed by atoms with Crippen molar-refractivity contribution >= 4 is 0 Å². The molecule has 1 aromatic heterocycles. The molecule has 0 saturated carbocycles. The van der Waals surface area contributed by atoms with E-state index in [-0.39, 0.29) is 6.04 Å². The molecule has 0 amide bonds. The van der Waals surface area contributed by atoms with E-state index in [0.29, 0.717) is 0 Å². The summed E-state index contributed by atoms with van der Waals surface area (Å²) in [4.78, 5) is 4.42. The average Bonchev–Trinajstić information content (AvgIpc) is 2.86. The van der Waals surface area contributed by atoms with Gasteiger partial charge >= 0.3 is 0 Å². The Morgan fingerprint density at radius 1 is 1.21 bits per heavy atom. The summed E-state index contributed by atoms with van der Waals surface area (Å²) in [7, 11) is 0. The van der Waals surface area contributed by atoms with Crippen LogP contribution in [0.5, 0.6) is 0 Å². The molecule has 2 rings (SSSR count). The number of benzene rings is 1. The van der Waals surface area contributed by atoms with E-state index >= 15 is 0 Å². The van der Waals surface area contributed by atoms with E-state index in [4.69, 9.17) is 5.73 Å². The highest BCUT2D eigenvalue weighted by atomic mass is 15.1. The number of aryl methyl sites for hydroxylation is 2. The Morgan fingerprint density at radius 2 is 1.95 bits per heavy atom. The Bertz CT molecular complexity index is 499. The third-order valence-corrected chi connectivity index (χ3v) is 3.48. The van der Waals surface area contributed by atoms with Crippen molar-refractivity contribution in [2.24, 2.45) is 5.73 Å². The Balaban J connectivity index is 2.06. The normalized spacial score (nSPS) is 12.6. The van der Waals surface area contributed by atoms with E-state index in [1.165, 1.54) is 11.1 Å². The first-order chi connectivity index (χ1) is 9.24. The first kappa shape index (κ1) is 13.8. The molecule has 0 fully saturated rings. The number of hydrogen-bond donors (Lipinski definition) is 1. The SMILES string of the molecule is CCCn1ccnc1CC(N)c1ccc(CC)cc1. The molecular weight excluding hydrogens is 234 g/mol. The summed E-state index contributed by atoms with van der Waals surface area (Å²) in [5.41, 5.74) is 8.82. The fourth-order valence-corrected chi connectivity index (χ4v) is 2.29. The van der Waals surface area contributed by atoms with Crippen LogP contribution in [-0.2, 0) is 19.4 Å². The van der Waals surface area contributed by atoms with Gasteiger partial charge in [-0.05, 0) is 24.0 Å². The van der Waals surface area contributed by atoms with Gasteiger partial charge in [-0.1, -0.05) is 38.1 Å². The molecule has 1 unspecified atom stereocenters. The highest BCUT2D eigenvalue weighted by Gasteiger charge is 2.10. The van der Waals surface area contributed by atoms with Crippen LogP contribution in [0, 0.1) is 0 Å². The Labute approximate surface area is 115 Å². The Hall–Kier alpha value is -1.61. The summed E-state index contributed by atoms with van der Waals surface area (Å²) >= 11 is 0. The predicted molar refractivity (Wildman–Crippen MR) is 79.0 cm³/mol. The molecule has 0 aliphatic rings. The van der Waals surface area contributed by atoms with E-state index in [2.05, 4.69) is 47.7 Å². The molecule has 0 radical (unpaired) electrons. The van der Waals surface area contributed by atoms with Crippen molar-refractivity contribution in [1.29, 1.82) is 0 Å². The summed E-state index contributed by atoms with van der Waals surface area (Å²) in [6.45, 7) is 5.35. The number of imidazole rings is 1. The largest absolute Gasteiger partial charge is 0.335 e. The molecule has 2 N–H and O–H groups in total. The monoisotopic (exact) mass is 257 g/mol. The van der Waals surface area contributed by atoms with Gasteiger partial charge < -0.3 is 10.3 Å². The number of nitrogens with two attached hydrogens (primary N) is 1. The van der Waals surface area contributed by atoms with Crippen LogP contribution in [0.25, 0.3) is 0 Å². The summed E-state index contributed by atoms with van der Waals surface area (Å²) in [6.07, 6.45) is 6.86. The lowest BCUT2D eigenvalue weighted by Gasteiger charge is -2.13. The van der Waals surface area contributed by atoms with Crippen LogP contribution in [-0.4, -0.2) is 9.55 Å². The van der Waals surface area contributed by atoms with Crippen LogP contribution in [0.1, 0.15) is 43.3 Å². The lowest BCUT2D eigenvalue weighted by molar-refractivity contribution is 0.598. The second-order valence-corrected chi connectivity index (χ2v) is 4.94. The standard InChI is InChI=1S/C16H23N3/c1-3-10-19-11-9-18-16(19)12-15(17)14-7-5-13(4-2)6-8-14/h5-9,11,15H,3-4,10,12,17H2,1-2H3. The van der Waals surface area contributed by atoms with Crippen molar-refractivity contribution in [2.45, 2.75) is 45.7 Å². The Kier molecular flexibility index (Phi) is 4.74. The predicted octanol–water partition coefficient (Wildman–Crippen LogP) is 3.10. The molecule has 3 heteroatoms. The lowest BCUT2D eigenvalue weighted by Crippen LogP contribution is -2.16. The number of aromatic nitrogens is 2. The number of hydrogen-bond acceptors (Lipinski definition) is 2. The van der Waals surface area contributed by atoms with Crippen molar-refractivity contribution in [2.75, 3.05) is 0 Å². The van der Waals surface area contributed by atoms with Crippen LogP contribution >= 0.6 is 0 Å².